The monoisotopic (exact) mass is 424 g/mol. The molecule has 9 heteroatoms. The number of hydrogen-bond acceptors (Lipinski definition) is 4. The first-order valence-corrected chi connectivity index (χ1v) is 9.06. The molecule has 1 fully saturated rings. The third kappa shape index (κ3) is 6.95. The highest BCUT2D eigenvalue weighted by Crippen LogP contribution is 2.29. The van der Waals surface area contributed by atoms with Crippen LogP contribution in [-0.2, 0) is 9.63 Å². The van der Waals surface area contributed by atoms with Crippen molar-refractivity contribution in [3.63, 3.8) is 0 Å². The fourth-order valence-corrected chi connectivity index (χ4v) is 2.41. The Morgan fingerprint density at radius 3 is 2.73 bits per heavy atom. The van der Waals surface area contributed by atoms with E-state index in [-0.39, 0.29) is 18.9 Å². The van der Waals surface area contributed by atoms with E-state index in [2.05, 4.69) is 21.1 Å². The lowest BCUT2D eigenvalue weighted by molar-refractivity contribution is -0.119. The topological polar surface area (TPSA) is 59.9 Å². The molecule has 0 atom stereocenters. The van der Waals surface area contributed by atoms with Crippen LogP contribution in [0.25, 0.3) is 0 Å². The molecule has 1 saturated carbocycles. The molecule has 0 aliphatic heterocycles. The van der Waals surface area contributed by atoms with Crippen LogP contribution in [0.15, 0.2) is 41.1 Å². The molecule has 2 rings (SSSR count). The summed E-state index contributed by atoms with van der Waals surface area (Å²) in [5.41, 5.74) is -0.326. The average Bonchev–Trinajstić information content (AvgIpc) is 3.49. The van der Waals surface area contributed by atoms with Crippen molar-refractivity contribution < 1.29 is 31.9 Å². The van der Waals surface area contributed by atoms with Crippen molar-refractivity contribution in [1.29, 1.82) is 0 Å². The molecule has 30 heavy (non-hydrogen) atoms. The molecule has 5 nitrogen and oxygen atoms in total. The number of alkyl halides is 2. The maximum atomic E-state index is 14.5. The van der Waals surface area contributed by atoms with E-state index in [0.717, 1.165) is 18.9 Å². The zero-order valence-corrected chi connectivity index (χ0v) is 16.1. The summed E-state index contributed by atoms with van der Waals surface area (Å²) in [6, 6.07) is 1.44. The number of rotatable bonds is 9. The van der Waals surface area contributed by atoms with Crippen molar-refractivity contribution >= 4 is 11.7 Å². The van der Waals surface area contributed by atoms with Gasteiger partial charge in [0, 0.05) is 0 Å². The van der Waals surface area contributed by atoms with Crippen molar-refractivity contribution in [2.45, 2.75) is 32.8 Å². The molecule has 1 amide bonds. The average molecular weight is 424 g/mol. The second kappa shape index (κ2) is 11.0. The fourth-order valence-electron chi connectivity index (χ4n) is 2.41. The van der Waals surface area contributed by atoms with E-state index in [0.29, 0.717) is 11.6 Å². The normalized spacial score (nSPS) is 14.7. The molecule has 160 valence electrons. The number of terminal acetylenes is 1. The summed E-state index contributed by atoms with van der Waals surface area (Å²) >= 11 is 0. The van der Waals surface area contributed by atoms with Crippen molar-refractivity contribution in [2.75, 3.05) is 6.61 Å². The van der Waals surface area contributed by atoms with Gasteiger partial charge in [0.15, 0.2) is 17.5 Å². The molecule has 1 N–H and O–H groups in total. The second-order valence-electron chi connectivity index (χ2n) is 6.40. The third-order valence-electron chi connectivity index (χ3n) is 3.94. The van der Waals surface area contributed by atoms with Crippen molar-refractivity contribution in [3.8, 4) is 18.1 Å². The number of halogens is 4. The molecular weight excluding hydrogens is 404 g/mol. The third-order valence-corrected chi connectivity index (χ3v) is 3.94. The van der Waals surface area contributed by atoms with E-state index in [1.54, 1.807) is 19.1 Å². The van der Waals surface area contributed by atoms with E-state index in [4.69, 9.17) is 11.3 Å². The minimum Gasteiger partial charge on any atom is -0.434 e. The predicted octanol–water partition coefficient (Wildman–Crippen LogP) is 4.30. The Morgan fingerprint density at radius 2 is 2.13 bits per heavy atom. The first-order chi connectivity index (χ1) is 14.3. The molecule has 0 radical (unpaired) electrons. The standard InChI is InChI=1S/C21H20F4N2O3/c1-3-5-13(6-4-2)11-17(28)26-20(27-29-12-14-7-8-14)18-16(30-21(24)25)10-9-15(22)19(18)23/h1,4-6,9-10,14,21H,7-8,11-12H2,2H3,(H,26,27,28)/b6-4-,13-5+. The minimum absolute atomic E-state index is 0.183. The number of amidine groups is 1. The molecule has 0 saturated heterocycles. The Hall–Kier alpha value is -3.28. The van der Waals surface area contributed by atoms with Gasteiger partial charge >= 0.3 is 6.61 Å². The van der Waals surface area contributed by atoms with Crippen LogP contribution in [0.2, 0.25) is 0 Å². The highest BCUT2D eigenvalue weighted by Gasteiger charge is 2.26. The predicted molar refractivity (Wildman–Crippen MR) is 103 cm³/mol. The summed E-state index contributed by atoms with van der Waals surface area (Å²) in [4.78, 5) is 17.5. The molecule has 1 aromatic rings. The Kier molecular flexibility index (Phi) is 8.47. The molecule has 0 bridgehead atoms. The number of hydrogen-bond donors (Lipinski definition) is 1. The second-order valence-corrected chi connectivity index (χ2v) is 6.40. The number of nitrogens with zero attached hydrogens (tertiary/aromatic N) is 1. The van der Waals surface area contributed by atoms with Gasteiger partial charge in [-0.05, 0) is 49.5 Å². The minimum atomic E-state index is -3.31. The number of ether oxygens (including phenoxy) is 1. The van der Waals surface area contributed by atoms with Crippen LogP contribution in [0.4, 0.5) is 17.6 Å². The lowest BCUT2D eigenvalue weighted by Crippen LogP contribution is -2.33. The van der Waals surface area contributed by atoms with Crippen LogP contribution in [-0.4, -0.2) is 25.0 Å². The fraction of sp³-hybridized carbons (Fsp3) is 0.333. The zero-order valence-electron chi connectivity index (χ0n) is 16.1. The number of oxime groups is 1. The van der Waals surface area contributed by atoms with Crippen molar-refractivity contribution in [3.05, 3.63) is 53.1 Å². The molecule has 1 aliphatic rings. The zero-order chi connectivity index (χ0) is 22.1. The van der Waals surface area contributed by atoms with Gasteiger partial charge in [0.25, 0.3) is 0 Å². The summed E-state index contributed by atoms with van der Waals surface area (Å²) in [6.07, 6.45) is 11.4. The Bertz CT molecular complexity index is 900. The van der Waals surface area contributed by atoms with Gasteiger partial charge in [-0.3, -0.25) is 4.79 Å². The number of allylic oxidation sites excluding steroid dienone is 3. The van der Waals surface area contributed by atoms with Crippen molar-refractivity contribution in [1.82, 2.24) is 5.32 Å². The first kappa shape index (κ1) is 23.0. The van der Waals surface area contributed by atoms with Crippen LogP contribution in [0.1, 0.15) is 31.7 Å². The Balaban J connectivity index is 2.36. The van der Waals surface area contributed by atoms with Crippen LogP contribution >= 0.6 is 0 Å². The summed E-state index contributed by atoms with van der Waals surface area (Å²) in [5, 5.41) is 5.93. The number of benzene rings is 1. The highest BCUT2D eigenvalue weighted by molar-refractivity contribution is 6.09. The van der Waals surface area contributed by atoms with E-state index in [9.17, 15) is 22.4 Å². The number of amides is 1. The molecule has 0 spiro atoms. The number of carbonyl (C=O) groups is 1. The largest absolute Gasteiger partial charge is 0.434 e. The Morgan fingerprint density at radius 1 is 1.40 bits per heavy atom. The van der Waals surface area contributed by atoms with Crippen LogP contribution in [0.3, 0.4) is 0 Å². The van der Waals surface area contributed by atoms with Gasteiger partial charge in [0.2, 0.25) is 5.91 Å². The van der Waals surface area contributed by atoms with Gasteiger partial charge < -0.3 is 14.9 Å². The number of nitrogens with one attached hydrogen (secondary N) is 1. The van der Waals surface area contributed by atoms with Crippen LogP contribution in [0, 0.1) is 29.9 Å². The summed E-state index contributed by atoms with van der Waals surface area (Å²) in [6.45, 7) is -1.41. The van der Waals surface area contributed by atoms with E-state index in [1.807, 2.05) is 0 Å². The number of carbonyl (C=O) groups excluding carboxylic acids is 1. The first-order valence-electron chi connectivity index (χ1n) is 9.06. The Labute approximate surface area is 171 Å². The maximum absolute atomic E-state index is 14.5. The van der Waals surface area contributed by atoms with E-state index < -0.39 is 41.3 Å². The molecule has 0 heterocycles. The van der Waals surface area contributed by atoms with Gasteiger partial charge in [-0.2, -0.15) is 8.78 Å². The molecule has 1 aliphatic carbocycles. The molecule has 0 unspecified atom stereocenters. The van der Waals surface area contributed by atoms with Crippen molar-refractivity contribution in [2.24, 2.45) is 11.1 Å². The molecule has 0 aromatic heterocycles. The lowest BCUT2D eigenvalue weighted by Gasteiger charge is -2.15. The van der Waals surface area contributed by atoms with Crippen LogP contribution in [0.5, 0.6) is 5.75 Å². The highest BCUT2D eigenvalue weighted by atomic mass is 19.3. The van der Waals surface area contributed by atoms with Gasteiger partial charge in [-0.1, -0.05) is 23.2 Å². The van der Waals surface area contributed by atoms with E-state index in [1.165, 1.54) is 6.08 Å². The lowest BCUT2D eigenvalue weighted by atomic mass is 10.1. The smallest absolute Gasteiger partial charge is 0.387 e. The van der Waals surface area contributed by atoms with Gasteiger partial charge in [-0.15, -0.1) is 6.42 Å². The van der Waals surface area contributed by atoms with Crippen LogP contribution < -0.4 is 10.1 Å². The van der Waals surface area contributed by atoms with Gasteiger partial charge in [0.05, 0.1) is 6.42 Å². The van der Waals surface area contributed by atoms with E-state index >= 15 is 0 Å². The van der Waals surface area contributed by atoms with Gasteiger partial charge in [0.1, 0.15) is 17.9 Å². The summed E-state index contributed by atoms with van der Waals surface area (Å²) in [7, 11) is 0. The SMILES string of the molecule is C#C/C=C(\C=C/C)CC(=O)N/C(=N\OCC1CC1)c1c(OC(F)F)ccc(F)c1F. The summed E-state index contributed by atoms with van der Waals surface area (Å²) < 4.78 is 58.0. The molecular formula is C21H20F4N2O3. The summed E-state index contributed by atoms with van der Waals surface area (Å²) in [5.74, 6) is -2.30. The van der Waals surface area contributed by atoms with Gasteiger partial charge in [-0.25, -0.2) is 8.78 Å². The quantitative estimate of drug-likeness (QED) is 0.161. The maximum Gasteiger partial charge on any atom is 0.387 e. The molecule has 1 aromatic carbocycles.